The number of benzene rings is 1. The molecule has 0 N–H and O–H groups in total. The summed E-state index contributed by atoms with van der Waals surface area (Å²) in [4.78, 5) is 10.5. The monoisotopic (exact) mass is 324 g/mol. The summed E-state index contributed by atoms with van der Waals surface area (Å²) in [6.45, 7) is 11.0. The predicted octanol–water partition coefficient (Wildman–Crippen LogP) is 3.42. The normalized spacial score (nSPS) is 21.0. The predicted molar refractivity (Wildman–Crippen MR) is 84.8 cm³/mol. The number of non-ortho nitro benzene ring substituents is 1. The third kappa shape index (κ3) is 3.25. The molecule has 1 atom stereocenters. The minimum absolute atomic E-state index is 0.0105. The first-order valence-corrected chi connectivity index (χ1v) is 9.59. The van der Waals surface area contributed by atoms with Gasteiger partial charge in [0.05, 0.1) is 17.6 Å². The molecule has 121 valence electrons. The number of ether oxygens (including phenoxy) is 2. The van der Waals surface area contributed by atoms with Gasteiger partial charge in [0.2, 0.25) is 9.04 Å². The fourth-order valence-electron chi connectivity index (χ4n) is 2.16. The number of rotatable bonds is 4. The minimum Gasteiger partial charge on any atom is -0.485 e. The van der Waals surface area contributed by atoms with Gasteiger partial charge >= 0.3 is 0 Å². The van der Waals surface area contributed by atoms with Crippen LogP contribution < -0.4 is 9.47 Å². The van der Waals surface area contributed by atoms with Crippen molar-refractivity contribution in [1.29, 1.82) is 0 Å². The maximum absolute atomic E-state index is 10.9. The topological polar surface area (TPSA) is 70.8 Å². The number of fused-ring (bicyclic) bond motifs is 1. The zero-order chi connectivity index (χ0) is 16.5. The molecule has 0 aliphatic carbocycles. The standard InChI is InChI=1S/C15H22NO5Si/c1-14(2,3)15(10-20-22(4)5)9-19-12-7-6-11(16(17)18)8-13(12)21-15/h6-8H,9-10H2,1-5H3. The van der Waals surface area contributed by atoms with Crippen molar-refractivity contribution in [3.63, 3.8) is 0 Å². The Balaban J connectivity index is 2.35. The maximum Gasteiger partial charge on any atom is 0.273 e. The zero-order valence-corrected chi connectivity index (χ0v) is 14.6. The van der Waals surface area contributed by atoms with Gasteiger partial charge in [0.25, 0.3) is 5.69 Å². The Hall–Kier alpha value is -1.60. The van der Waals surface area contributed by atoms with Crippen LogP contribution in [0.3, 0.4) is 0 Å². The average molecular weight is 324 g/mol. The van der Waals surface area contributed by atoms with Gasteiger partial charge in [-0.25, -0.2) is 0 Å². The van der Waals surface area contributed by atoms with Crippen molar-refractivity contribution in [3.8, 4) is 11.5 Å². The molecule has 1 radical (unpaired) electrons. The second kappa shape index (κ2) is 5.89. The van der Waals surface area contributed by atoms with Crippen molar-refractivity contribution in [2.75, 3.05) is 13.2 Å². The van der Waals surface area contributed by atoms with E-state index in [2.05, 4.69) is 33.9 Å². The Bertz CT molecular complexity index is 570. The van der Waals surface area contributed by atoms with Crippen LogP contribution in [0.15, 0.2) is 18.2 Å². The third-order valence-corrected chi connectivity index (χ3v) is 4.59. The zero-order valence-electron chi connectivity index (χ0n) is 13.6. The summed E-state index contributed by atoms with van der Waals surface area (Å²) in [7, 11) is -0.873. The van der Waals surface area contributed by atoms with E-state index >= 15 is 0 Å². The van der Waals surface area contributed by atoms with Crippen LogP contribution >= 0.6 is 0 Å². The summed E-state index contributed by atoms with van der Waals surface area (Å²) in [5, 5.41) is 10.9. The van der Waals surface area contributed by atoms with Crippen LogP contribution in [0.1, 0.15) is 20.8 Å². The Labute approximate surface area is 132 Å². The molecular formula is C15H22NO5Si. The van der Waals surface area contributed by atoms with Crippen molar-refractivity contribution >= 4 is 14.7 Å². The fraction of sp³-hybridized carbons (Fsp3) is 0.600. The Kier molecular flexibility index (Phi) is 4.48. The third-order valence-electron chi connectivity index (χ3n) is 3.87. The molecule has 2 rings (SSSR count). The van der Waals surface area contributed by atoms with Crippen LogP contribution in [0.2, 0.25) is 13.1 Å². The van der Waals surface area contributed by atoms with E-state index in [1.807, 2.05) is 0 Å². The van der Waals surface area contributed by atoms with Crippen LogP contribution in [0.25, 0.3) is 0 Å². The summed E-state index contributed by atoms with van der Waals surface area (Å²) in [5.41, 5.74) is -0.923. The van der Waals surface area contributed by atoms with Crippen molar-refractivity contribution in [3.05, 3.63) is 28.3 Å². The maximum atomic E-state index is 10.9. The van der Waals surface area contributed by atoms with Crippen LogP contribution in [0.4, 0.5) is 5.69 Å². The molecule has 0 fully saturated rings. The Morgan fingerprint density at radius 2 is 2.05 bits per heavy atom. The van der Waals surface area contributed by atoms with Crippen molar-refractivity contribution in [1.82, 2.24) is 0 Å². The second-order valence-electron chi connectivity index (χ2n) is 6.72. The first-order valence-electron chi connectivity index (χ1n) is 7.18. The molecule has 1 aliphatic rings. The van der Waals surface area contributed by atoms with Gasteiger partial charge in [-0.1, -0.05) is 20.8 Å². The molecule has 1 aromatic carbocycles. The largest absolute Gasteiger partial charge is 0.485 e. The summed E-state index contributed by atoms with van der Waals surface area (Å²) >= 11 is 0. The van der Waals surface area contributed by atoms with Crippen molar-refractivity contribution in [2.45, 2.75) is 39.5 Å². The molecule has 1 aromatic rings. The SMILES string of the molecule is C[Si](C)OCC1(C(C)(C)C)COc2ccc([N+](=O)[O-])cc2O1. The average Bonchev–Trinajstić information content (AvgIpc) is 2.42. The summed E-state index contributed by atoms with van der Waals surface area (Å²) in [6.07, 6.45) is 0. The lowest BCUT2D eigenvalue weighted by molar-refractivity contribution is -0.385. The quantitative estimate of drug-likeness (QED) is 0.482. The Morgan fingerprint density at radius 3 is 2.59 bits per heavy atom. The molecule has 0 spiro atoms. The van der Waals surface area contributed by atoms with E-state index in [9.17, 15) is 10.1 Å². The summed E-state index contributed by atoms with van der Waals surface area (Å²) in [6, 6.07) is 4.41. The van der Waals surface area contributed by atoms with Gasteiger partial charge < -0.3 is 13.9 Å². The van der Waals surface area contributed by atoms with E-state index < -0.39 is 19.6 Å². The van der Waals surface area contributed by atoms with Crippen LogP contribution in [-0.2, 0) is 4.43 Å². The smallest absolute Gasteiger partial charge is 0.273 e. The van der Waals surface area contributed by atoms with Gasteiger partial charge in [-0.05, 0) is 19.2 Å². The summed E-state index contributed by atoms with van der Waals surface area (Å²) < 4.78 is 17.9. The van der Waals surface area contributed by atoms with Crippen molar-refractivity contribution in [2.24, 2.45) is 5.41 Å². The molecule has 0 bridgehead atoms. The number of nitrogens with zero attached hydrogens (tertiary/aromatic N) is 1. The molecule has 7 heteroatoms. The molecule has 1 aliphatic heterocycles. The first-order chi connectivity index (χ1) is 10.1. The Morgan fingerprint density at radius 1 is 1.36 bits per heavy atom. The molecule has 0 saturated carbocycles. The molecule has 22 heavy (non-hydrogen) atoms. The highest BCUT2D eigenvalue weighted by molar-refractivity contribution is 6.48. The molecule has 1 unspecified atom stereocenters. The fourth-order valence-corrected chi connectivity index (χ4v) is 2.68. The second-order valence-corrected chi connectivity index (χ2v) is 8.83. The number of hydrogen-bond donors (Lipinski definition) is 0. The van der Waals surface area contributed by atoms with E-state index in [-0.39, 0.29) is 11.1 Å². The lowest BCUT2D eigenvalue weighted by Crippen LogP contribution is -2.58. The van der Waals surface area contributed by atoms with Gasteiger partial charge in [-0.15, -0.1) is 0 Å². The highest BCUT2D eigenvalue weighted by atomic mass is 28.3. The van der Waals surface area contributed by atoms with E-state index in [1.165, 1.54) is 12.1 Å². The molecule has 6 nitrogen and oxygen atoms in total. The summed E-state index contributed by atoms with van der Waals surface area (Å²) in [5.74, 6) is 0.934. The number of nitro groups is 1. The molecular weight excluding hydrogens is 302 g/mol. The highest BCUT2D eigenvalue weighted by Crippen LogP contribution is 2.44. The molecule has 1 heterocycles. The number of hydrogen-bond acceptors (Lipinski definition) is 5. The van der Waals surface area contributed by atoms with E-state index in [4.69, 9.17) is 13.9 Å². The van der Waals surface area contributed by atoms with Gasteiger partial charge in [-0.2, -0.15) is 0 Å². The number of nitro benzene ring substituents is 1. The van der Waals surface area contributed by atoms with Gasteiger partial charge in [0.1, 0.15) is 6.61 Å². The van der Waals surface area contributed by atoms with E-state index in [0.717, 1.165) is 0 Å². The van der Waals surface area contributed by atoms with Crippen molar-refractivity contribution < 1.29 is 18.8 Å². The van der Waals surface area contributed by atoms with Crippen LogP contribution in [0, 0.1) is 15.5 Å². The van der Waals surface area contributed by atoms with Crippen LogP contribution in [0.5, 0.6) is 11.5 Å². The van der Waals surface area contributed by atoms with Gasteiger partial charge in [0, 0.05) is 11.5 Å². The molecule has 0 aromatic heterocycles. The molecule has 0 amide bonds. The van der Waals surface area contributed by atoms with Crippen LogP contribution in [-0.4, -0.2) is 32.8 Å². The lowest BCUT2D eigenvalue weighted by Gasteiger charge is -2.46. The van der Waals surface area contributed by atoms with E-state index in [1.54, 1.807) is 6.07 Å². The molecule has 0 saturated heterocycles. The highest BCUT2D eigenvalue weighted by Gasteiger charge is 2.48. The van der Waals surface area contributed by atoms with E-state index in [0.29, 0.717) is 24.7 Å². The first kappa shape index (κ1) is 16.8. The van der Waals surface area contributed by atoms with Gasteiger partial charge in [0.15, 0.2) is 17.1 Å². The lowest BCUT2D eigenvalue weighted by atomic mass is 9.76. The van der Waals surface area contributed by atoms with Gasteiger partial charge in [-0.3, -0.25) is 10.1 Å². The minimum atomic E-state index is -0.873.